The number of nitrogens with zero attached hydrogens (tertiary/aromatic N) is 3. The highest BCUT2D eigenvalue weighted by Gasteiger charge is 2.46. The van der Waals surface area contributed by atoms with Crippen LogP contribution in [-0.4, -0.2) is 60.7 Å². The molecular weight excluding hydrogens is 442 g/mol. The number of ether oxygens (including phenoxy) is 2. The van der Waals surface area contributed by atoms with Crippen LogP contribution in [0.1, 0.15) is 41.3 Å². The van der Waals surface area contributed by atoms with Gasteiger partial charge in [0, 0.05) is 75.8 Å². The third-order valence-electron chi connectivity index (χ3n) is 7.69. The lowest BCUT2D eigenvalue weighted by molar-refractivity contribution is -0.0667. The summed E-state index contributed by atoms with van der Waals surface area (Å²) in [6, 6.07) is 8.31. The second-order valence-electron chi connectivity index (χ2n) is 9.91. The monoisotopic (exact) mass is 475 g/mol. The van der Waals surface area contributed by atoms with Crippen molar-refractivity contribution in [1.82, 2.24) is 9.47 Å². The molecule has 3 aliphatic rings. The summed E-state index contributed by atoms with van der Waals surface area (Å²) >= 11 is 0. The van der Waals surface area contributed by atoms with Gasteiger partial charge in [-0.05, 0) is 30.9 Å². The van der Waals surface area contributed by atoms with Gasteiger partial charge in [-0.15, -0.1) is 0 Å². The molecule has 2 aliphatic heterocycles. The third-order valence-corrected chi connectivity index (χ3v) is 7.69. The van der Waals surface area contributed by atoms with Crippen LogP contribution >= 0.6 is 0 Å². The summed E-state index contributed by atoms with van der Waals surface area (Å²) in [5.74, 6) is 0.160. The SMILES string of the molecule is C=c1/c(=C\C(=NC)OC2Cc3ccccc3C2)c(=O)c(C(=O)N2CC3(CCOCC3)C2)cn1CC. The maximum Gasteiger partial charge on any atom is 0.259 e. The quantitative estimate of drug-likeness (QED) is 0.497. The molecule has 0 radical (unpaired) electrons. The fraction of sp³-hybridized carbons (Fsp3) is 0.464. The second-order valence-corrected chi connectivity index (χ2v) is 9.91. The first-order valence-electron chi connectivity index (χ1n) is 12.4. The minimum absolute atomic E-state index is 0.0365. The van der Waals surface area contributed by atoms with Gasteiger partial charge in [0.15, 0.2) is 0 Å². The van der Waals surface area contributed by atoms with Crippen LogP contribution in [-0.2, 0) is 28.9 Å². The minimum Gasteiger partial charge on any atom is -0.474 e. The van der Waals surface area contributed by atoms with E-state index in [4.69, 9.17) is 9.47 Å². The highest BCUT2D eigenvalue weighted by Crippen LogP contribution is 2.40. The number of aryl methyl sites for hydroxylation is 1. The van der Waals surface area contributed by atoms with Crippen molar-refractivity contribution in [3.8, 4) is 0 Å². The van der Waals surface area contributed by atoms with E-state index in [1.54, 1.807) is 24.2 Å². The predicted molar refractivity (Wildman–Crippen MR) is 136 cm³/mol. The van der Waals surface area contributed by atoms with Gasteiger partial charge in [0.1, 0.15) is 11.7 Å². The number of aromatic nitrogens is 1. The van der Waals surface area contributed by atoms with Crippen LogP contribution in [0.5, 0.6) is 0 Å². The van der Waals surface area contributed by atoms with E-state index in [0.717, 1.165) is 38.9 Å². The number of pyridine rings is 1. The summed E-state index contributed by atoms with van der Waals surface area (Å²) in [6.07, 6.45) is 6.80. The lowest BCUT2D eigenvalue weighted by Crippen LogP contribution is -2.61. The number of carbonyl (C=O) groups excluding carboxylic acids is 1. The normalized spacial score (nSPS) is 20.1. The first kappa shape index (κ1) is 23.5. The number of likely N-dealkylation sites (tertiary alicyclic amines) is 1. The lowest BCUT2D eigenvalue weighted by Gasteiger charge is -2.52. The van der Waals surface area contributed by atoms with E-state index in [0.29, 0.717) is 36.1 Å². The molecule has 0 atom stereocenters. The molecule has 1 amide bonds. The molecule has 1 aromatic heterocycles. The van der Waals surface area contributed by atoms with E-state index in [9.17, 15) is 9.59 Å². The van der Waals surface area contributed by atoms with Gasteiger partial charge in [-0.25, -0.2) is 0 Å². The van der Waals surface area contributed by atoms with Crippen LogP contribution in [0.2, 0.25) is 0 Å². The molecule has 5 rings (SSSR count). The number of aliphatic imine (C=N–C) groups is 1. The largest absolute Gasteiger partial charge is 0.474 e. The number of benzene rings is 1. The molecule has 2 aromatic rings. The van der Waals surface area contributed by atoms with Crippen molar-refractivity contribution in [2.45, 2.75) is 45.3 Å². The molecule has 7 heteroatoms. The molecular formula is C28H33N3O4. The Bertz CT molecular complexity index is 1300. The number of hydrogen-bond acceptors (Lipinski definition) is 5. The molecule has 1 spiro atoms. The Labute approximate surface area is 205 Å². The summed E-state index contributed by atoms with van der Waals surface area (Å²) in [6.45, 7) is 9.54. The van der Waals surface area contributed by atoms with Gasteiger partial charge in [-0.2, -0.15) is 0 Å². The first-order valence-corrected chi connectivity index (χ1v) is 12.4. The van der Waals surface area contributed by atoms with E-state index in [2.05, 4.69) is 23.7 Å². The van der Waals surface area contributed by atoms with Crippen LogP contribution in [0.15, 0.2) is 40.2 Å². The van der Waals surface area contributed by atoms with Crippen LogP contribution in [0.25, 0.3) is 12.7 Å². The molecule has 0 bridgehead atoms. The Morgan fingerprint density at radius 2 is 1.89 bits per heavy atom. The number of amides is 1. The van der Waals surface area contributed by atoms with Crippen molar-refractivity contribution >= 4 is 24.5 Å². The predicted octanol–water partition coefficient (Wildman–Crippen LogP) is 1.52. The number of fused-ring (bicyclic) bond motifs is 1. The summed E-state index contributed by atoms with van der Waals surface area (Å²) in [5.41, 5.74) is 2.56. The molecule has 0 saturated carbocycles. The third kappa shape index (κ3) is 4.45. The Kier molecular flexibility index (Phi) is 6.36. The molecule has 7 nitrogen and oxygen atoms in total. The van der Waals surface area contributed by atoms with Gasteiger partial charge in [0.25, 0.3) is 5.91 Å². The number of hydrogen-bond donors (Lipinski definition) is 0. The average Bonchev–Trinajstić information content (AvgIpc) is 3.27. The zero-order valence-electron chi connectivity index (χ0n) is 20.6. The fourth-order valence-electron chi connectivity index (χ4n) is 5.55. The Morgan fingerprint density at radius 1 is 1.23 bits per heavy atom. The maximum atomic E-state index is 13.5. The topological polar surface area (TPSA) is 73.1 Å². The van der Waals surface area contributed by atoms with E-state index in [1.807, 2.05) is 23.6 Å². The summed E-state index contributed by atoms with van der Waals surface area (Å²) in [5, 5.41) is 0.910. The molecule has 1 aromatic carbocycles. The van der Waals surface area contributed by atoms with Crippen molar-refractivity contribution in [1.29, 1.82) is 0 Å². The van der Waals surface area contributed by atoms with Crippen molar-refractivity contribution in [2.75, 3.05) is 33.4 Å². The maximum absolute atomic E-state index is 13.5. The van der Waals surface area contributed by atoms with E-state index >= 15 is 0 Å². The Hall–Kier alpha value is -3.19. The minimum atomic E-state index is -0.322. The summed E-state index contributed by atoms with van der Waals surface area (Å²) < 4.78 is 13.5. The standard InChI is InChI=1S/C28H33N3O4/c1-4-30-16-24(27(33)31-17-28(18-31)9-11-34-12-10-28)26(32)23(19(30)2)15-25(29-3)35-22-13-20-7-5-6-8-21(20)14-22/h5-8,15-16,22H,2,4,9-14,17-18H2,1,3H3/b23-15+,29-25?. The number of carbonyl (C=O) groups is 1. The molecule has 35 heavy (non-hydrogen) atoms. The van der Waals surface area contributed by atoms with Gasteiger partial charge in [0.05, 0.1) is 5.22 Å². The highest BCUT2D eigenvalue weighted by molar-refractivity contribution is 6.04. The van der Waals surface area contributed by atoms with Crippen molar-refractivity contribution in [3.63, 3.8) is 0 Å². The zero-order chi connectivity index (χ0) is 24.6. The van der Waals surface area contributed by atoms with Crippen LogP contribution < -0.4 is 16.0 Å². The van der Waals surface area contributed by atoms with E-state index in [1.165, 1.54) is 11.1 Å². The second kappa shape index (κ2) is 9.46. The van der Waals surface area contributed by atoms with Gasteiger partial charge in [-0.3, -0.25) is 14.6 Å². The first-order chi connectivity index (χ1) is 16.9. The smallest absolute Gasteiger partial charge is 0.259 e. The molecule has 1 aliphatic carbocycles. The molecule has 3 heterocycles. The molecule has 2 saturated heterocycles. The van der Waals surface area contributed by atoms with Crippen LogP contribution in [0, 0.1) is 5.41 Å². The Balaban J connectivity index is 1.41. The van der Waals surface area contributed by atoms with Crippen molar-refractivity contribution in [2.24, 2.45) is 10.4 Å². The zero-order valence-corrected chi connectivity index (χ0v) is 20.6. The molecule has 0 unspecified atom stereocenters. The van der Waals surface area contributed by atoms with E-state index < -0.39 is 0 Å². The Morgan fingerprint density at radius 3 is 2.49 bits per heavy atom. The van der Waals surface area contributed by atoms with Crippen molar-refractivity contribution in [3.05, 3.63) is 67.9 Å². The number of rotatable bonds is 4. The highest BCUT2D eigenvalue weighted by atomic mass is 16.5. The van der Waals surface area contributed by atoms with Gasteiger partial charge >= 0.3 is 0 Å². The molecule has 2 fully saturated rings. The van der Waals surface area contributed by atoms with Gasteiger partial charge in [0.2, 0.25) is 11.3 Å². The summed E-state index contributed by atoms with van der Waals surface area (Å²) in [7, 11) is 1.65. The van der Waals surface area contributed by atoms with Crippen LogP contribution in [0.3, 0.4) is 0 Å². The lowest BCUT2D eigenvalue weighted by atomic mass is 9.73. The molecule has 0 N–H and O–H groups in total. The van der Waals surface area contributed by atoms with Gasteiger partial charge in [-0.1, -0.05) is 30.8 Å². The average molecular weight is 476 g/mol. The molecule has 184 valence electrons. The van der Waals surface area contributed by atoms with Crippen molar-refractivity contribution < 1.29 is 14.3 Å². The van der Waals surface area contributed by atoms with E-state index in [-0.39, 0.29) is 28.4 Å². The summed E-state index contributed by atoms with van der Waals surface area (Å²) in [4.78, 5) is 33.0. The van der Waals surface area contributed by atoms with Gasteiger partial charge < -0.3 is 18.9 Å². The van der Waals surface area contributed by atoms with Crippen LogP contribution in [0.4, 0.5) is 0 Å². The fourth-order valence-corrected chi connectivity index (χ4v) is 5.55.